The number of nitrogens with two attached hydrogens (primary N) is 1. The van der Waals surface area contributed by atoms with Crippen molar-refractivity contribution >= 4 is 5.91 Å². The summed E-state index contributed by atoms with van der Waals surface area (Å²) in [6.45, 7) is 4.12. The summed E-state index contributed by atoms with van der Waals surface area (Å²) in [4.78, 5) is 14.1. The van der Waals surface area contributed by atoms with Crippen molar-refractivity contribution in [1.82, 2.24) is 10.2 Å². The van der Waals surface area contributed by atoms with Gasteiger partial charge in [-0.05, 0) is 45.1 Å². The lowest BCUT2D eigenvalue weighted by molar-refractivity contribution is -0.126. The highest BCUT2D eigenvalue weighted by atomic mass is 19.1. The summed E-state index contributed by atoms with van der Waals surface area (Å²) in [7, 11) is 3.80. The van der Waals surface area contributed by atoms with Crippen molar-refractivity contribution < 1.29 is 9.18 Å². The van der Waals surface area contributed by atoms with E-state index in [0.717, 1.165) is 12.0 Å². The highest BCUT2D eigenvalue weighted by molar-refractivity contribution is 5.85. The fourth-order valence-electron chi connectivity index (χ4n) is 2.34. The summed E-state index contributed by atoms with van der Waals surface area (Å²) < 4.78 is 13.4. The van der Waals surface area contributed by atoms with E-state index in [4.69, 9.17) is 5.73 Å². The van der Waals surface area contributed by atoms with Gasteiger partial charge in [-0.1, -0.05) is 25.5 Å². The van der Waals surface area contributed by atoms with Crippen LogP contribution >= 0.6 is 0 Å². The number of likely N-dealkylation sites (N-methyl/N-ethyl adjacent to an activating group) is 1. The molecule has 2 atom stereocenters. The van der Waals surface area contributed by atoms with Crippen molar-refractivity contribution in [3.8, 4) is 0 Å². The monoisotopic (exact) mass is 295 g/mol. The van der Waals surface area contributed by atoms with Gasteiger partial charge in [0.05, 0.1) is 11.6 Å². The van der Waals surface area contributed by atoms with Gasteiger partial charge in [-0.25, -0.2) is 4.39 Å². The number of rotatable bonds is 7. The summed E-state index contributed by atoms with van der Waals surface area (Å²) in [6, 6.07) is 6.33. The quantitative estimate of drug-likeness (QED) is 0.809. The Morgan fingerprint density at radius 1 is 1.48 bits per heavy atom. The number of carbonyl (C=O) groups excluding carboxylic acids is 1. The van der Waals surface area contributed by atoms with Crippen molar-refractivity contribution in [2.24, 2.45) is 5.73 Å². The summed E-state index contributed by atoms with van der Waals surface area (Å²) in [5, 5.41) is 2.88. The number of halogens is 1. The van der Waals surface area contributed by atoms with Crippen LogP contribution in [0.5, 0.6) is 0 Å². The van der Waals surface area contributed by atoms with Crippen molar-refractivity contribution in [1.29, 1.82) is 0 Å². The van der Waals surface area contributed by atoms with Crippen LogP contribution in [0.4, 0.5) is 4.39 Å². The molecule has 0 saturated carbocycles. The maximum absolute atomic E-state index is 13.4. The molecule has 0 bridgehead atoms. The first-order valence-corrected chi connectivity index (χ1v) is 7.27. The summed E-state index contributed by atoms with van der Waals surface area (Å²) in [5.41, 5.74) is 5.97. The summed E-state index contributed by atoms with van der Waals surface area (Å²) >= 11 is 0. The zero-order chi connectivity index (χ0) is 16.0. The number of hydrogen-bond donors (Lipinski definition) is 2. The van der Waals surface area contributed by atoms with Gasteiger partial charge in [0.2, 0.25) is 5.91 Å². The lowest BCUT2D eigenvalue weighted by Crippen LogP contribution is -2.52. The third kappa shape index (κ3) is 5.10. The van der Waals surface area contributed by atoms with Crippen LogP contribution in [-0.2, 0) is 4.79 Å². The molecule has 5 heteroatoms. The van der Waals surface area contributed by atoms with E-state index in [1.165, 1.54) is 12.1 Å². The van der Waals surface area contributed by atoms with Crippen LogP contribution in [0.15, 0.2) is 24.3 Å². The highest BCUT2D eigenvalue weighted by Crippen LogP contribution is 2.18. The standard InChI is InChI=1S/C16H26FN3O/c1-5-9-16(2,18)15(21)19-11-14(20(3)4)12-7-6-8-13(17)10-12/h6-8,10,14H,5,9,11,18H2,1-4H3,(H,19,21). The van der Waals surface area contributed by atoms with Crippen LogP contribution in [-0.4, -0.2) is 37.0 Å². The maximum Gasteiger partial charge on any atom is 0.239 e. The molecule has 4 nitrogen and oxygen atoms in total. The van der Waals surface area contributed by atoms with Crippen LogP contribution < -0.4 is 11.1 Å². The summed E-state index contributed by atoms with van der Waals surface area (Å²) in [5.74, 6) is -0.451. The molecule has 0 heterocycles. The first kappa shape index (κ1) is 17.6. The average Bonchev–Trinajstić information content (AvgIpc) is 2.38. The molecule has 0 radical (unpaired) electrons. The van der Waals surface area contributed by atoms with E-state index >= 15 is 0 Å². The van der Waals surface area contributed by atoms with E-state index in [2.05, 4.69) is 5.32 Å². The van der Waals surface area contributed by atoms with E-state index in [1.54, 1.807) is 13.0 Å². The molecule has 21 heavy (non-hydrogen) atoms. The van der Waals surface area contributed by atoms with Crippen LogP contribution in [0.25, 0.3) is 0 Å². The Morgan fingerprint density at radius 3 is 2.67 bits per heavy atom. The van der Waals surface area contributed by atoms with Crippen LogP contribution in [0.2, 0.25) is 0 Å². The molecule has 0 aliphatic carbocycles. The first-order chi connectivity index (χ1) is 9.77. The summed E-state index contributed by atoms with van der Waals surface area (Å²) in [6.07, 6.45) is 1.48. The SMILES string of the molecule is CCCC(C)(N)C(=O)NCC(c1cccc(F)c1)N(C)C. The van der Waals surface area contributed by atoms with Gasteiger partial charge in [0.15, 0.2) is 0 Å². The zero-order valence-electron chi connectivity index (χ0n) is 13.3. The fourth-order valence-corrected chi connectivity index (χ4v) is 2.34. The van der Waals surface area contributed by atoms with Gasteiger partial charge in [0.1, 0.15) is 5.82 Å². The lowest BCUT2D eigenvalue weighted by atomic mass is 9.96. The molecule has 1 aromatic carbocycles. The maximum atomic E-state index is 13.4. The molecule has 0 saturated heterocycles. The topological polar surface area (TPSA) is 58.4 Å². The molecule has 0 aromatic heterocycles. The molecule has 1 amide bonds. The van der Waals surface area contributed by atoms with Crippen LogP contribution in [0.1, 0.15) is 38.3 Å². The number of nitrogens with one attached hydrogen (secondary N) is 1. The van der Waals surface area contributed by atoms with Gasteiger partial charge >= 0.3 is 0 Å². The molecule has 0 spiro atoms. The predicted octanol–water partition coefficient (Wildman–Crippen LogP) is 2.06. The molecule has 0 aliphatic rings. The zero-order valence-corrected chi connectivity index (χ0v) is 13.3. The van der Waals surface area contributed by atoms with E-state index in [-0.39, 0.29) is 17.8 Å². The van der Waals surface area contributed by atoms with Crippen LogP contribution in [0.3, 0.4) is 0 Å². The Bertz CT molecular complexity index is 474. The molecule has 1 rings (SSSR count). The lowest BCUT2D eigenvalue weighted by Gasteiger charge is -2.28. The van der Waals surface area contributed by atoms with Gasteiger partial charge in [0.25, 0.3) is 0 Å². The third-order valence-electron chi connectivity index (χ3n) is 3.60. The molecule has 2 unspecified atom stereocenters. The number of amides is 1. The van der Waals surface area contributed by atoms with Gasteiger partial charge in [0, 0.05) is 6.54 Å². The van der Waals surface area contributed by atoms with Gasteiger partial charge < -0.3 is 16.0 Å². The second kappa shape index (κ2) is 7.52. The molecule has 118 valence electrons. The smallest absolute Gasteiger partial charge is 0.239 e. The fraction of sp³-hybridized carbons (Fsp3) is 0.562. The normalized spacial score (nSPS) is 15.6. The molecular formula is C16H26FN3O. The van der Waals surface area contributed by atoms with Crippen LogP contribution in [0, 0.1) is 5.82 Å². The molecular weight excluding hydrogens is 269 g/mol. The first-order valence-electron chi connectivity index (χ1n) is 7.27. The van der Waals surface area contributed by atoms with Crippen molar-refractivity contribution in [2.45, 2.75) is 38.3 Å². The minimum atomic E-state index is -0.868. The van der Waals surface area contributed by atoms with Crippen molar-refractivity contribution in [3.63, 3.8) is 0 Å². The van der Waals surface area contributed by atoms with Crippen molar-refractivity contribution in [2.75, 3.05) is 20.6 Å². The van der Waals surface area contributed by atoms with Gasteiger partial charge in [-0.2, -0.15) is 0 Å². The predicted molar refractivity (Wildman–Crippen MR) is 83.3 cm³/mol. The van der Waals surface area contributed by atoms with E-state index in [9.17, 15) is 9.18 Å². The van der Waals surface area contributed by atoms with E-state index in [0.29, 0.717) is 13.0 Å². The van der Waals surface area contributed by atoms with Gasteiger partial charge in [-0.15, -0.1) is 0 Å². The molecule has 3 N–H and O–H groups in total. The minimum Gasteiger partial charge on any atom is -0.353 e. The molecule has 0 fully saturated rings. The average molecular weight is 295 g/mol. The van der Waals surface area contributed by atoms with Gasteiger partial charge in [-0.3, -0.25) is 4.79 Å². The van der Waals surface area contributed by atoms with E-state index in [1.807, 2.05) is 32.0 Å². The Kier molecular flexibility index (Phi) is 6.30. The second-order valence-corrected chi connectivity index (χ2v) is 5.91. The minimum absolute atomic E-state index is 0.0953. The number of hydrogen-bond acceptors (Lipinski definition) is 3. The number of benzene rings is 1. The molecule has 1 aromatic rings. The van der Waals surface area contributed by atoms with E-state index < -0.39 is 5.54 Å². The Balaban J connectivity index is 2.75. The molecule has 0 aliphatic heterocycles. The second-order valence-electron chi connectivity index (χ2n) is 5.91. The van der Waals surface area contributed by atoms with Crippen molar-refractivity contribution in [3.05, 3.63) is 35.6 Å². The number of carbonyl (C=O) groups is 1. The highest BCUT2D eigenvalue weighted by Gasteiger charge is 2.28. The largest absolute Gasteiger partial charge is 0.353 e. The third-order valence-corrected chi connectivity index (χ3v) is 3.60. The Hall–Kier alpha value is -1.46. The number of nitrogens with zero attached hydrogens (tertiary/aromatic N) is 1. The Morgan fingerprint density at radius 2 is 2.14 bits per heavy atom. The Labute approximate surface area is 126 Å².